The van der Waals surface area contributed by atoms with E-state index in [2.05, 4.69) is 37.6 Å². The molecule has 1 fully saturated rings. The summed E-state index contributed by atoms with van der Waals surface area (Å²) in [6.07, 6.45) is 0.466. The topological polar surface area (TPSA) is 43.8 Å². The Balaban J connectivity index is 2.06. The molecule has 21 heavy (non-hydrogen) atoms. The van der Waals surface area contributed by atoms with E-state index in [1.165, 1.54) is 11.3 Å². The van der Waals surface area contributed by atoms with Crippen LogP contribution in [0.25, 0.3) is 0 Å². The molecule has 2 heterocycles. The molecular weight excluding hydrogens is 284 g/mol. The molecule has 1 aliphatic rings. The second-order valence-corrected chi connectivity index (χ2v) is 6.85. The van der Waals surface area contributed by atoms with E-state index in [4.69, 9.17) is 5.11 Å². The Hall–Kier alpha value is -1.35. The molecule has 0 saturated carbocycles. The highest BCUT2D eigenvalue weighted by Crippen LogP contribution is 2.22. The van der Waals surface area contributed by atoms with E-state index in [1.54, 1.807) is 0 Å². The summed E-state index contributed by atoms with van der Waals surface area (Å²) in [6.45, 7) is 6.79. The van der Waals surface area contributed by atoms with Gasteiger partial charge in [-0.1, -0.05) is 11.8 Å². The van der Waals surface area contributed by atoms with Crippen LogP contribution in [0.4, 0.5) is 0 Å². The van der Waals surface area contributed by atoms with Crippen LogP contribution in [0.15, 0.2) is 11.4 Å². The molecule has 1 saturated heterocycles. The van der Waals surface area contributed by atoms with E-state index >= 15 is 0 Å². The van der Waals surface area contributed by atoms with Crippen molar-refractivity contribution < 1.29 is 9.90 Å². The number of carbonyl (C=O) groups excluding carboxylic acids is 1. The molecule has 0 spiro atoms. The lowest BCUT2D eigenvalue weighted by molar-refractivity contribution is 0.0312. The first-order valence-corrected chi connectivity index (χ1v) is 8.01. The molecule has 0 aliphatic carbocycles. The lowest BCUT2D eigenvalue weighted by Crippen LogP contribution is -2.58. The lowest BCUT2D eigenvalue weighted by Gasteiger charge is -2.45. The van der Waals surface area contributed by atoms with Gasteiger partial charge in [0.15, 0.2) is 0 Å². The van der Waals surface area contributed by atoms with Crippen molar-refractivity contribution in [2.45, 2.75) is 25.8 Å². The van der Waals surface area contributed by atoms with Crippen LogP contribution in [0.2, 0.25) is 0 Å². The van der Waals surface area contributed by atoms with E-state index in [-0.39, 0.29) is 18.1 Å². The Morgan fingerprint density at radius 1 is 1.48 bits per heavy atom. The van der Waals surface area contributed by atoms with Crippen LogP contribution in [-0.4, -0.2) is 59.6 Å². The van der Waals surface area contributed by atoms with Crippen molar-refractivity contribution in [1.82, 2.24) is 9.80 Å². The van der Waals surface area contributed by atoms with Gasteiger partial charge < -0.3 is 10.0 Å². The summed E-state index contributed by atoms with van der Waals surface area (Å²) in [7, 11) is 2.10. The van der Waals surface area contributed by atoms with Crippen molar-refractivity contribution in [3.05, 3.63) is 21.9 Å². The average Bonchev–Trinajstić information content (AvgIpc) is 2.90. The van der Waals surface area contributed by atoms with E-state index in [1.807, 2.05) is 16.3 Å². The number of nitrogens with zero attached hydrogens (tertiary/aromatic N) is 2. The Labute approximate surface area is 130 Å². The standard InChI is InChI=1S/C16H22N2O2S/c1-16(2)12-18(8-7-17(16)3)15(20)13-10-14(21-11-13)6-4-5-9-19/h10-11,19H,5,7-9,12H2,1-3H3. The van der Waals surface area contributed by atoms with E-state index in [0.29, 0.717) is 12.0 Å². The van der Waals surface area contributed by atoms with Crippen molar-refractivity contribution in [1.29, 1.82) is 0 Å². The molecule has 1 aromatic heterocycles. The molecule has 0 unspecified atom stereocenters. The molecule has 0 radical (unpaired) electrons. The van der Waals surface area contributed by atoms with Gasteiger partial charge >= 0.3 is 0 Å². The lowest BCUT2D eigenvalue weighted by atomic mass is 9.99. The Kier molecular flexibility index (Phi) is 5.04. The molecule has 114 valence electrons. The number of amides is 1. The van der Waals surface area contributed by atoms with Crippen LogP contribution in [0.3, 0.4) is 0 Å². The van der Waals surface area contributed by atoms with Gasteiger partial charge in [0.05, 0.1) is 17.0 Å². The van der Waals surface area contributed by atoms with Gasteiger partial charge in [-0.05, 0) is 27.0 Å². The number of rotatable bonds is 2. The van der Waals surface area contributed by atoms with Gasteiger partial charge in [-0.3, -0.25) is 9.69 Å². The summed E-state index contributed by atoms with van der Waals surface area (Å²) >= 11 is 1.48. The molecule has 1 amide bonds. The Morgan fingerprint density at radius 2 is 2.24 bits per heavy atom. The third-order valence-electron chi connectivity index (χ3n) is 3.90. The number of thiophene rings is 1. The summed E-state index contributed by atoms with van der Waals surface area (Å²) < 4.78 is 0. The van der Waals surface area contributed by atoms with Gasteiger partial charge in [0.25, 0.3) is 5.91 Å². The first kappa shape index (κ1) is 16.0. The predicted molar refractivity (Wildman–Crippen MR) is 85.5 cm³/mol. The van der Waals surface area contributed by atoms with Gasteiger partial charge in [-0.25, -0.2) is 0 Å². The summed E-state index contributed by atoms with van der Waals surface area (Å²) in [4.78, 5) is 17.7. The fraction of sp³-hybridized carbons (Fsp3) is 0.562. The largest absolute Gasteiger partial charge is 0.395 e. The normalized spacial score (nSPS) is 18.2. The summed E-state index contributed by atoms with van der Waals surface area (Å²) in [5.41, 5.74) is 0.724. The van der Waals surface area contributed by atoms with Crippen molar-refractivity contribution in [2.75, 3.05) is 33.3 Å². The smallest absolute Gasteiger partial charge is 0.254 e. The molecule has 5 heteroatoms. The number of aliphatic hydroxyl groups is 1. The van der Waals surface area contributed by atoms with E-state index < -0.39 is 0 Å². The molecule has 4 nitrogen and oxygen atoms in total. The quantitative estimate of drug-likeness (QED) is 0.845. The zero-order valence-electron chi connectivity index (χ0n) is 12.8. The first-order chi connectivity index (χ1) is 9.94. The van der Waals surface area contributed by atoms with Gasteiger partial charge in [-0.15, -0.1) is 11.3 Å². The third-order valence-corrected chi connectivity index (χ3v) is 4.74. The number of aliphatic hydroxyl groups excluding tert-OH is 1. The van der Waals surface area contributed by atoms with Crippen LogP contribution in [-0.2, 0) is 0 Å². The van der Waals surface area contributed by atoms with Gasteiger partial charge in [0.2, 0.25) is 0 Å². The van der Waals surface area contributed by atoms with Gasteiger partial charge in [-0.2, -0.15) is 0 Å². The maximum absolute atomic E-state index is 12.6. The molecule has 0 bridgehead atoms. The fourth-order valence-electron chi connectivity index (χ4n) is 2.32. The second-order valence-electron chi connectivity index (χ2n) is 5.94. The molecule has 2 rings (SSSR count). The summed E-state index contributed by atoms with van der Waals surface area (Å²) in [5.74, 6) is 5.94. The highest BCUT2D eigenvalue weighted by molar-refractivity contribution is 7.10. The zero-order valence-corrected chi connectivity index (χ0v) is 13.7. The number of hydrogen-bond acceptors (Lipinski definition) is 4. The molecule has 0 aromatic carbocycles. The highest BCUT2D eigenvalue weighted by atomic mass is 32.1. The van der Waals surface area contributed by atoms with Crippen LogP contribution in [0.1, 0.15) is 35.5 Å². The van der Waals surface area contributed by atoms with Crippen LogP contribution >= 0.6 is 11.3 Å². The zero-order chi connectivity index (χ0) is 15.5. The molecule has 1 aliphatic heterocycles. The van der Waals surface area contributed by atoms with Crippen molar-refractivity contribution in [3.8, 4) is 11.8 Å². The molecule has 1 aromatic rings. The minimum atomic E-state index is 0.00763. The van der Waals surface area contributed by atoms with Crippen molar-refractivity contribution in [3.63, 3.8) is 0 Å². The SMILES string of the molecule is CN1CCN(C(=O)c2csc(C#CCCO)c2)CC1(C)C. The summed E-state index contributed by atoms with van der Waals surface area (Å²) in [5, 5.41) is 10.6. The maximum Gasteiger partial charge on any atom is 0.254 e. The first-order valence-electron chi connectivity index (χ1n) is 7.13. The molecule has 1 N–H and O–H groups in total. The van der Waals surface area contributed by atoms with E-state index in [0.717, 1.165) is 24.5 Å². The molecule has 0 atom stereocenters. The number of piperazine rings is 1. The minimum Gasteiger partial charge on any atom is -0.395 e. The van der Waals surface area contributed by atoms with Crippen LogP contribution in [0, 0.1) is 11.8 Å². The van der Waals surface area contributed by atoms with E-state index in [9.17, 15) is 4.79 Å². The molecular formula is C16H22N2O2S. The van der Waals surface area contributed by atoms with Gasteiger partial charge in [0, 0.05) is 37.0 Å². The highest BCUT2D eigenvalue weighted by Gasteiger charge is 2.33. The number of likely N-dealkylation sites (N-methyl/N-ethyl adjacent to an activating group) is 1. The summed E-state index contributed by atoms with van der Waals surface area (Å²) in [6, 6.07) is 1.85. The number of carbonyl (C=O) groups is 1. The van der Waals surface area contributed by atoms with Crippen LogP contribution in [0.5, 0.6) is 0 Å². The maximum atomic E-state index is 12.6. The number of hydrogen-bond donors (Lipinski definition) is 1. The second kappa shape index (κ2) is 6.61. The Morgan fingerprint density at radius 3 is 2.90 bits per heavy atom. The van der Waals surface area contributed by atoms with Gasteiger partial charge in [0.1, 0.15) is 0 Å². The predicted octanol–water partition coefficient (Wildman–Crippen LogP) is 1.65. The minimum absolute atomic E-state index is 0.00763. The van der Waals surface area contributed by atoms with Crippen molar-refractivity contribution in [2.24, 2.45) is 0 Å². The third kappa shape index (κ3) is 3.85. The Bertz CT molecular complexity index is 568. The monoisotopic (exact) mass is 306 g/mol. The van der Waals surface area contributed by atoms with Crippen molar-refractivity contribution >= 4 is 17.2 Å². The fourth-order valence-corrected chi connectivity index (χ4v) is 3.06. The van der Waals surface area contributed by atoms with Crippen LogP contribution < -0.4 is 0 Å². The average molecular weight is 306 g/mol.